The van der Waals surface area contributed by atoms with Gasteiger partial charge >= 0.3 is 6.16 Å². The fourth-order valence-corrected chi connectivity index (χ4v) is 2.00. The van der Waals surface area contributed by atoms with Crippen LogP contribution in [0.5, 0.6) is 5.75 Å². The van der Waals surface area contributed by atoms with Crippen LogP contribution in [0.15, 0.2) is 18.2 Å². The molecule has 0 aromatic heterocycles. The highest BCUT2D eigenvalue weighted by Gasteiger charge is 2.10. The molecule has 0 bridgehead atoms. The van der Waals surface area contributed by atoms with Crippen molar-refractivity contribution < 1.29 is 14.6 Å². The van der Waals surface area contributed by atoms with Crippen molar-refractivity contribution in [3.63, 3.8) is 0 Å². The summed E-state index contributed by atoms with van der Waals surface area (Å²) in [5.74, 6) is 0.481. The fourth-order valence-electron chi connectivity index (χ4n) is 2.00. The lowest BCUT2D eigenvalue weighted by atomic mass is 9.99. The van der Waals surface area contributed by atoms with E-state index in [9.17, 15) is 4.79 Å². The predicted molar refractivity (Wildman–Crippen MR) is 67.7 cm³/mol. The van der Waals surface area contributed by atoms with Gasteiger partial charge in [0.05, 0.1) is 0 Å². The van der Waals surface area contributed by atoms with E-state index < -0.39 is 6.16 Å². The van der Waals surface area contributed by atoms with Crippen LogP contribution in [0, 0.1) is 0 Å². The quantitative estimate of drug-likeness (QED) is 0.460. The van der Waals surface area contributed by atoms with E-state index in [1.807, 2.05) is 13.0 Å². The zero-order valence-electron chi connectivity index (χ0n) is 10.5. The van der Waals surface area contributed by atoms with E-state index in [0.29, 0.717) is 5.75 Å². The van der Waals surface area contributed by atoms with Crippen molar-refractivity contribution in [3.8, 4) is 5.75 Å². The van der Waals surface area contributed by atoms with Crippen molar-refractivity contribution in [2.24, 2.45) is 0 Å². The number of carbonyl (C=O) groups is 1. The van der Waals surface area contributed by atoms with E-state index in [2.05, 4.69) is 13.0 Å². The maximum Gasteiger partial charge on any atom is 0.511 e. The summed E-state index contributed by atoms with van der Waals surface area (Å²) < 4.78 is 4.80. The second-order valence-corrected chi connectivity index (χ2v) is 4.07. The molecule has 0 aliphatic rings. The van der Waals surface area contributed by atoms with Crippen molar-refractivity contribution in [2.45, 2.75) is 46.0 Å². The Morgan fingerprint density at radius 1 is 1.29 bits per heavy atom. The molecule has 94 valence electrons. The lowest BCUT2D eigenvalue weighted by Gasteiger charge is -2.11. The van der Waals surface area contributed by atoms with E-state index in [0.717, 1.165) is 24.8 Å². The Bertz CT molecular complexity index is 372. The molecule has 1 aromatic rings. The van der Waals surface area contributed by atoms with Gasteiger partial charge in [0.1, 0.15) is 5.75 Å². The smallest absolute Gasteiger partial charge is 0.449 e. The van der Waals surface area contributed by atoms with Gasteiger partial charge in [-0.05, 0) is 36.5 Å². The second kappa shape index (κ2) is 6.94. The van der Waals surface area contributed by atoms with Gasteiger partial charge in [0.25, 0.3) is 0 Å². The first-order chi connectivity index (χ1) is 8.19. The van der Waals surface area contributed by atoms with Crippen LogP contribution in [-0.4, -0.2) is 11.3 Å². The molecule has 0 spiro atoms. The Balaban J connectivity index is 2.85. The van der Waals surface area contributed by atoms with Gasteiger partial charge in [-0.3, -0.25) is 0 Å². The Morgan fingerprint density at radius 2 is 2.06 bits per heavy atom. The average Bonchev–Trinajstić information content (AvgIpc) is 2.29. The average molecular weight is 236 g/mol. The molecule has 1 N–H and O–H groups in total. The molecule has 3 heteroatoms. The van der Waals surface area contributed by atoms with Gasteiger partial charge < -0.3 is 9.84 Å². The summed E-state index contributed by atoms with van der Waals surface area (Å²) in [4.78, 5) is 10.6. The largest absolute Gasteiger partial charge is 0.511 e. The van der Waals surface area contributed by atoms with Gasteiger partial charge in [-0.1, -0.05) is 38.8 Å². The van der Waals surface area contributed by atoms with Gasteiger partial charge in [-0.15, -0.1) is 0 Å². The first-order valence-electron chi connectivity index (χ1n) is 6.20. The zero-order valence-corrected chi connectivity index (χ0v) is 10.5. The lowest BCUT2D eigenvalue weighted by molar-refractivity contribution is 0.144. The third-order valence-corrected chi connectivity index (χ3v) is 2.83. The summed E-state index contributed by atoms with van der Waals surface area (Å²) in [6.07, 6.45) is 4.07. The van der Waals surface area contributed by atoms with Crippen LogP contribution in [0.2, 0.25) is 0 Å². The molecule has 0 fully saturated rings. The first-order valence-corrected chi connectivity index (χ1v) is 6.20. The molecule has 17 heavy (non-hydrogen) atoms. The van der Waals surface area contributed by atoms with Crippen LogP contribution < -0.4 is 4.74 Å². The molecule has 0 atom stereocenters. The SMILES string of the molecule is CCCCCc1cccc(OC(=O)O)c1CC. The van der Waals surface area contributed by atoms with Gasteiger partial charge in [-0.2, -0.15) is 0 Å². The molecule has 0 radical (unpaired) electrons. The Hall–Kier alpha value is -1.51. The van der Waals surface area contributed by atoms with E-state index in [1.54, 1.807) is 6.07 Å². The topological polar surface area (TPSA) is 46.5 Å². The fraction of sp³-hybridized carbons (Fsp3) is 0.500. The Morgan fingerprint density at radius 3 is 2.65 bits per heavy atom. The van der Waals surface area contributed by atoms with E-state index in [1.165, 1.54) is 18.4 Å². The second-order valence-electron chi connectivity index (χ2n) is 4.07. The van der Waals surface area contributed by atoms with Crippen LogP contribution in [-0.2, 0) is 12.8 Å². The van der Waals surface area contributed by atoms with Crippen molar-refractivity contribution >= 4 is 6.16 Å². The predicted octanol–water partition coefficient (Wildman–Crippen LogP) is 4.04. The summed E-state index contributed by atoms with van der Waals surface area (Å²) >= 11 is 0. The van der Waals surface area contributed by atoms with Gasteiger partial charge in [0, 0.05) is 0 Å². The molecular formula is C14H20O3. The van der Waals surface area contributed by atoms with Gasteiger partial charge in [0.2, 0.25) is 0 Å². The lowest BCUT2D eigenvalue weighted by Crippen LogP contribution is -2.06. The van der Waals surface area contributed by atoms with Gasteiger partial charge in [-0.25, -0.2) is 4.79 Å². The molecule has 3 nitrogen and oxygen atoms in total. The maximum atomic E-state index is 10.6. The number of aryl methyl sites for hydroxylation is 1. The first kappa shape index (κ1) is 13.6. The number of ether oxygens (including phenoxy) is 1. The standard InChI is InChI=1S/C14H20O3/c1-3-5-6-8-11-9-7-10-13(12(11)4-2)17-14(15)16/h7,9-10H,3-6,8H2,1-2H3,(H,15,16). The third-order valence-electron chi connectivity index (χ3n) is 2.83. The van der Waals surface area contributed by atoms with Crippen molar-refractivity contribution in [1.82, 2.24) is 0 Å². The summed E-state index contributed by atoms with van der Waals surface area (Å²) in [5, 5.41) is 8.67. The molecule has 1 rings (SSSR count). The molecule has 0 saturated carbocycles. The van der Waals surface area contributed by atoms with Crippen LogP contribution in [0.25, 0.3) is 0 Å². The number of benzene rings is 1. The Labute approximate surface area is 102 Å². The number of hydrogen-bond acceptors (Lipinski definition) is 2. The summed E-state index contributed by atoms with van der Waals surface area (Å²) in [6.45, 7) is 4.19. The van der Waals surface area contributed by atoms with Crippen LogP contribution in [0.1, 0.15) is 44.2 Å². The molecule has 0 aliphatic heterocycles. The highest BCUT2D eigenvalue weighted by Crippen LogP contribution is 2.24. The van der Waals surface area contributed by atoms with Crippen molar-refractivity contribution in [1.29, 1.82) is 0 Å². The summed E-state index contributed by atoms with van der Waals surface area (Å²) in [6, 6.07) is 5.64. The molecule has 0 heterocycles. The van der Waals surface area contributed by atoms with E-state index in [4.69, 9.17) is 9.84 Å². The van der Waals surface area contributed by atoms with Crippen molar-refractivity contribution in [2.75, 3.05) is 0 Å². The normalized spacial score (nSPS) is 10.2. The third kappa shape index (κ3) is 4.10. The minimum absolute atomic E-state index is 0.481. The monoisotopic (exact) mass is 236 g/mol. The molecule has 0 amide bonds. The number of hydrogen-bond donors (Lipinski definition) is 1. The van der Waals surface area contributed by atoms with Crippen LogP contribution in [0.3, 0.4) is 0 Å². The molecule has 0 aliphatic carbocycles. The van der Waals surface area contributed by atoms with E-state index >= 15 is 0 Å². The summed E-state index contributed by atoms with van der Waals surface area (Å²) in [5.41, 5.74) is 2.23. The van der Waals surface area contributed by atoms with E-state index in [-0.39, 0.29) is 0 Å². The molecule has 0 saturated heterocycles. The summed E-state index contributed by atoms with van der Waals surface area (Å²) in [7, 11) is 0. The number of rotatable bonds is 6. The minimum atomic E-state index is -1.24. The molecule has 1 aromatic carbocycles. The Kier molecular flexibility index (Phi) is 5.53. The molecule has 0 unspecified atom stereocenters. The highest BCUT2D eigenvalue weighted by molar-refractivity contribution is 5.62. The number of unbranched alkanes of at least 4 members (excludes halogenated alkanes) is 2. The maximum absolute atomic E-state index is 10.6. The van der Waals surface area contributed by atoms with Gasteiger partial charge in [0.15, 0.2) is 0 Å². The molecular weight excluding hydrogens is 216 g/mol. The van der Waals surface area contributed by atoms with Crippen LogP contribution in [0.4, 0.5) is 4.79 Å². The van der Waals surface area contributed by atoms with Crippen molar-refractivity contribution in [3.05, 3.63) is 29.3 Å². The number of carboxylic acid groups (broad SMARTS) is 1. The highest BCUT2D eigenvalue weighted by atomic mass is 16.7. The zero-order chi connectivity index (χ0) is 12.7. The minimum Gasteiger partial charge on any atom is -0.449 e. The van der Waals surface area contributed by atoms with Crippen LogP contribution >= 0.6 is 0 Å².